The summed E-state index contributed by atoms with van der Waals surface area (Å²) in [5, 5.41) is 5.17. The van der Waals surface area contributed by atoms with Gasteiger partial charge >= 0.3 is 0 Å². The lowest BCUT2D eigenvalue weighted by molar-refractivity contribution is 0.666. The van der Waals surface area contributed by atoms with Crippen LogP contribution in [0, 0.1) is 0 Å². The van der Waals surface area contributed by atoms with E-state index >= 15 is 0 Å². The standard InChI is InChI=1S/C38H27N3/c1-38(2)32-14-8-6-12-27(32)29-18-16-24-20-35-31(22-30(24)37(29)38)28-13-7-9-15-34(28)41(35)26-17-19-33-36(21-26)40(23-39-33)25-10-4-3-5-11-25/h3-23H,1-2H3. The summed E-state index contributed by atoms with van der Waals surface area (Å²) in [5.41, 5.74) is 12.3. The Balaban J connectivity index is 1.34. The highest BCUT2D eigenvalue weighted by molar-refractivity contribution is 6.15. The highest BCUT2D eigenvalue weighted by atomic mass is 15.1. The zero-order valence-corrected chi connectivity index (χ0v) is 23.0. The van der Waals surface area contributed by atoms with Crippen LogP contribution in [0.4, 0.5) is 0 Å². The Morgan fingerprint density at radius 1 is 0.561 bits per heavy atom. The van der Waals surface area contributed by atoms with Crippen molar-refractivity contribution in [2.75, 3.05) is 0 Å². The van der Waals surface area contributed by atoms with Gasteiger partial charge in [0.2, 0.25) is 0 Å². The topological polar surface area (TPSA) is 22.8 Å². The summed E-state index contributed by atoms with van der Waals surface area (Å²) in [6, 6.07) is 44.2. The van der Waals surface area contributed by atoms with E-state index in [0.717, 1.165) is 22.4 Å². The second-order valence-electron chi connectivity index (χ2n) is 11.7. The van der Waals surface area contributed by atoms with Crippen molar-refractivity contribution in [1.82, 2.24) is 14.1 Å². The van der Waals surface area contributed by atoms with E-state index < -0.39 is 0 Å². The largest absolute Gasteiger partial charge is 0.309 e. The molecule has 0 amide bonds. The van der Waals surface area contributed by atoms with Crippen molar-refractivity contribution in [3.05, 3.63) is 139 Å². The number of hydrogen-bond acceptors (Lipinski definition) is 1. The Hall–Kier alpha value is -5.15. The van der Waals surface area contributed by atoms with Gasteiger partial charge in [0.05, 0.1) is 22.1 Å². The molecular formula is C38H27N3. The molecule has 0 radical (unpaired) electrons. The van der Waals surface area contributed by atoms with E-state index in [1.807, 2.05) is 12.4 Å². The van der Waals surface area contributed by atoms with Gasteiger partial charge in [-0.05, 0) is 81.6 Å². The van der Waals surface area contributed by atoms with Crippen LogP contribution in [-0.2, 0) is 5.41 Å². The Morgan fingerprint density at radius 2 is 1.37 bits per heavy atom. The summed E-state index contributed by atoms with van der Waals surface area (Å²) in [5.74, 6) is 0. The molecule has 3 nitrogen and oxygen atoms in total. The molecule has 9 rings (SSSR count). The van der Waals surface area contributed by atoms with Gasteiger partial charge in [-0.2, -0.15) is 0 Å². The molecular weight excluding hydrogens is 498 g/mol. The Morgan fingerprint density at radius 3 is 2.27 bits per heavy atom. The second-order valence-corrected chi connectivity index (χ2v) is 11.7. The fraction of sp³-hybridized carbons (Fsp3) is 0.0789. The van der Waals surface area contributed by atoms with Gasteiger partial charge in [-0.25, -0.2) is 4.98 Å². The van der Waals surface area contributed by atoms with Crippen LogP contribution in [0.2, 0.25) is 0 Å². The highest BCUT2D eigenvalue weighted by Crippen LogP contribution is 2.52. The van der Waals surface area contributed by atoms with Gasteiger partial charge in [0.15, 0.2) is 0 Å². The van der Waals surface area contributed by atoms with E-state index in [0.29, 0.717) is 0 Å². The Bertz CT molecular complexity index is 2330. The van der Waals surface area contributed by atoms with Crippen LogP contribution in [0.25, 0.3) is 66.1 Å². The molecule has 194 valence electrons. The number of hydrogen-bond donors (Lipinski definition) is 0. The predicted molar refractivity (Wildman–Crippen MR) is 170 cm³/mol. The fourth-order valence-corrected chi connectivity index (χ4v) is 7.29. The maximum Gasteiger partial charge on any atom is 0.100 e. The summed E-state index contributed by atoms with van der Waals surface area (Å²) in [6.07, 6.45) is 1.92. The normalized spacial score (nSPS) is 13.8. The van der Waals surface area contributed by atoms with Crippen LogP contribution < -0.4 is 0 Å². The van der Waals surface area contributed by atoms with Gasteiger partial charge in [-0.3, -0.25) is 4.57 Å². The highest BCUT2D eigenvalue weighted by Gasteiger charge is 2.36. The summed E-state index contributed by atoms with van der Waals surface area (Å²) < 4.78 is 4.59. The van der Waals surface area contributed by atoms with E-state index in [-0.39, 0.29) is 5.41 Å². The first-order valence-corrected chi connectivity index (χ1v) is 14.2. The van der Waals surface area contributed by atoms with Gasteiger partial charge in [-0.1, -0.05) is 86.6 Å². The van der Waals surface area contributed by atoms with Crippen LogP contribution in [-0.4, -0.2) is 14.1 Å². The smallest absolute Gasteiger partial charge is 0.100 e. The van der Waals surface area contributed by atoms with Crippen molar-refractivity contribution in [3.8, 4) is 22.5 Å². The number of aromatic nitrogens is 3. The van der Waals surface area contributed by atoms with E-state index in [1.165, 1.54) is 54.8 Å². The van der Waals surface area contributed by atoms with Crippen molar-refractivity contribution in [3.63, 3.8) is 0 Å². The van der Waals surface area contributed by atoms with E-state index in [4.69, 9.17) is 4.98 Å². The molecule has 0 fully saturated rings. The molecule has 0 unspecified atom stereocenters. The summed E-state index contributed by atoms with van der Waals surface area (Å²) in [6.45, 7) is 4.74. The zero-order chi connectivity index (χ0) is 27.3. The molecule has 3 heteroatoms. The molecule has 41 heavy (non-hydrogen) atoms. The average Bonchev–Trinajstić information content (AvgIpc) is 3.65. The molecule has 0 aliphatic heterocycles. The lowest BCUT2D eigenvalue weighted by atomic mass is 9.80. The molecule has 6 aromatic carbocycles. The number of fused-ring (bicyclic) bond motifs is 9. The Labute approximate surface area is 237 Å². The predicted octanol–water partition coefficient (Wildman–Crippen LogP) is 9.58. The molecule has 0 N–H and O–H groups in total. The van der Waals surface area contributed by atoms with E-state index in [1.54, 1.807) is 0 Å². The van der Waals surface area contributed by atoms with Crippen LogP contribution in [0.3, 0.4) is 0 Å². The van der Waals surface area contributed by atoms with Crippen LogP contribution >= 0.6 is 0 Å². The molecule has 0 saturated carbocycles. The molecule has 0 spiro atoms. The van der Waals surface area contributed by atoms with Gasteiger partial charge < -0.3 is 4.57 Å². The first kappa shape index (κ1) is 22.6. The molecule has 0 saturated heterocycles. The SMILES string of the molecule is CC1(C)c2ccccc2-c2ccc3cc4c(cc3c21)c1ccccc1n4-c1ccc2ncn(-c3ccccc3)c2c1. The summed E-state index contributed by atoms with van der Waals surface area (Å²) >= 11 is 0. The monoisotopic (exact) mass is 525 g/mol. The van der Waals surface area contributed by atoms with E-state index in [9.17, 15) is 0 Å². The molecule has 0 atom stereocenters. The average molecular weight is 526 g/mol. The number of benzene rings is 6. The van der Waals surface area contributed by atoms with Crippen molar-refractivity contribution in [1.29, 1.82) is 0 Å². The van der Waals surface area contributed by atoms with Crippen LogP contribution in [0.5, 0.6) is 0 Å². The van der Waals surface area contributed by atoms with Crippen LogP contribution in [0.1, 0.15) is 25.0 Å². The number of imidazole rings is 1. The van der Waals surface area contributed by atoms with Gasteiger partial charge in [0.1, 0.15) is 6.33 Å². The first-order chi connectivity index (χ1) is 20.1. The lowest BCUT2D eigenvalue weighted by Crippen LogP contribution is -2.15. The third-order valence-corrected chi connectivity index (χ3v) is 9.15. The first-order valence-electron chi connectivity index (χ1n) is 14.2. The quantitative estimate of drug-likeness (QED) is 0.220. The van der Waals surface area contributed by atoms with Crippen molar-refractivity contribution in [2.24, 2.45) is 0 Å². The molecule has 8 aromatic rings. The number of rotatable bonds is 2. The van der Waals surface area contributed by atoms with Crippen molar-refractivity contribution < 1.29 is 0 Å². The number of para-hydroxylation sites is 2. The summed E-state index contributed by atoms with van der Waals surface area (Å²) in [4.78, 5) is 4.70. The molecule has 2 heterocycles. The third kappa shape index (κ3) is 3.01. The molecule has 1 aliphatic carbocycles. The summed E-state index contributed by atoms with van der Waals surface area (Å²) in [7, 11) is 0. The molecule has 2 aromatic heterocycles. The van der Waals surface area contributed by atoms with E-state index in [2.05, 4.69) is 138 Å². The third-order valence-electron chi connectivity index (χ3n) is 9.15. The second kappa shape index (κ2) is 7.96. The van der Waals surface area contributed by atoms with Gasteiger partial charge in [0, 0.05) is 27.6 Å². The number of nitrogens with zero attached hydrogens (tertiary/aromatic N) is 3. The van der Waals surface area contributed by atoms with Crippen molar-refractivity contribution >= 4 is 43.6 Å². The minimum Gasteiger partial charge on any atom is -0.309 e. The molecule has 1 aliphatic rings. The van der Waals surface area contributed by atoms with Gasteiger partial charge in [-0.15, -0.1) is 0 Å². The Kier molecular flexibility index (Phi) is 4.39. The lowest BCUT2D eigenvalue weighted by Gasteiger charge is -2.23. The zero-order valence-electron chi connectivity index (χ0n) is 23.0. The molecule has 0 bridgehead atoms. The minimum absolute atomic E-state index is 0.0572. The fourth-order valence-electron chi connectivity index (χ4n) is 7.29. The maximum atomic E-state index is 4.70. The van der Waals surface area contributed by atoms with Gasteiger partial charge in [0.25, 0.3) is 0 Å². The van der Waals surface area contributed by atoms with Crippen LogP contribution in [0.15, 0.2) is 128 Å². The van der Waals surface area contributed by atoms with Crippen molar-refractivity contribution in [2.45, 2.75) is 19.3 Å². The minimum atomic E-state index is -0.0572. The maximum absolute atomic E-state index is 4.70.